The highest BCUT2D eigenvalue weighted by molar-refractivity contribution is 5.88. The first kappa shape index (κ1) is 9.54. The summed E-state index contributed by atoms with van der Waals surface area (Å²) in [5.74, 6) is 0.332. The third kappa shape index (κ3) is 1.51. The minimum atomic E-state index is 0.00134. The predicted octanol–water partition coefficient (Wildman–Crippen LogP) is 1.21. The van der Waals surface area contributed by atoms with Crippen LogP contribution in [0.4, 0.5) is 0 Å². The second-order valence-electron chi connectivity index (χ2n) is 4.15. The summed E-state index contributed by atoms with van der Waals surface area (Å²) in [5, 5.41) is 3.26. The van der Waals surface area contributed by atoms with Crippen molar-refractivity contribution in [1.82, 2.24) is 15.3 Å². The van der Waals surface area contributed by atoms with Crippen LogP contribution in [0, 0.1) is 0 Å². The van der Waals surface area contributed by atoms with Crippen molar-refractivity contribution in [3.05, 3.63) is 30.1 Å². The number of carbonyl (C=O) groups is 1. The zero-order chi connectivity index (χ0) is 11.0. The van der Waals surface area contributed by atoms with Crippen LogP contribution in [0.2, 0.25) is 0 Å². The van der Waals surface area contributed by atoms with E-state index in [1.165, 1.54) is 0 Å². The second-order valence-corrected chi connectivity index (χ2v) is 4.15. The summed E-state index contributed by atoms with van der Waals surface area (Å²) < 4.78 is 0. The lowest BCUT2D eigenvalue weighted by Crippen LogP contribution is -2.35. The highest BCUT2D eigenvalue weighted by Crippen LogP contribution is 2.22. The highest BCUT2D eigenvalue weighted by Gasteiger charge is 2.23. The minimum Gasteiger partial charge on any atom is -0.345 e. The van der Waals surface area contributed by atoms with Gasteiger partial charge in [-0.3, -0.25) is 4.79 Å². The average molecular weight is 215 g/mol. The Labute approximate surface area is 93.1 Å². The van der Waals surface area contributed by atoms with E-state index in [0.29, 0.717) is 12.2 Å². The van der Waals surface area contributed by atoms with Crippen molar-refractivity contribution in [1.29, 1.82) is 0 Å². The van der Waals surface area contributed by atoms with Gasteiger partial charge in [-0.15, -0.1) is 0 Å². The first-order valence-electron chi connectivity index (χ1n) is 5.51. The molecular formula is C12H13N3O. The Morgan fingerprint density at radius 1 is 1.38 bits per heavy atom. The van der Waals surface area contributed by atoms with Gasteiger partial charge in [-0.05, 0) is 17.7 Å². The number of H-pyrrole nitrogens is 1. The van der Waals surface area contributed by atoms with Crippen molar-refractivity contribution < 1.29 is 4.79 Å². The predicted molar refractivity (Wildman–Crippen MR) is 61.3 cm³/mol. The highest BCUT2D eigenvalue weighted by atomic mass is 16.1. The van der Waals surface area contributed by atoms with Crippen LogP contribution in [0.5, 0.6) is 0 Å². The Kier molecular flexibility index (Phi) is 2.22. The summed E-state index contributed by atoms with van der Waals surface area (Å²) in [7, 11) is 0. The molecule has 2 N–H and O–H groups in total. The molecule has 1 atom stereocenters. The van der Waals surface area contributed by atoms with Crippen LogP contribution in [0.25, 0.3) is 11.0 Å². The van der Waals surface area contributed by atoms with Crippen LogP contribution in [-0.2, 0) is 4.79 Å². The number of nitrogens with one attached hydrogen (secondary N) is 2. The van der Waals surface area contributed by atoms with Gasteiger partial charge in [0.2, 0.25) is 0 Å². The minimum absolute atomic E-state index is 0.00134. The van der Waals surface area contributed by atoms with E-state index in [1.54, 1.807) is 6.33 Å². The van der Waals surface area contributed by atoms with E-state index in [1.807, 2.05) is 18.2 Å². The normalized spacial score (nSPS) is 21.5. The molecule has 0 aliphatic carbocycles. The zero-order valence-electron chi connectivity index (χ0n) is 8.86. The Morgan fingerprint density at radius 3 is 3.19 bits per heavy atom. The van der Waals surface area contributed by atoms with E-state index in [4.69, 9.17) is 0 Å². The van der Waals surface area contributed by atoms with E-state index >= 15 is 0 Å². The lowest BCUT2D eigenvalue weighted by molar-refractivity contribution is -0.121. The molecule has 0 radical (unpaired) electrons. The molecule has 1 aliphatic heterocycles. The fourth-order valence-electron chi connectivity index (χ4n) is 2.22. The van der Waals surface area contributed by atoms with Gasteiger partial charge in [-0.2, -0.15) is 0 Å². The second kappa shape index (κ2) is 3.72. The van der Waals surface area contributed by atoms with Crippen molar-refractivity contribution in [2.24, 2.45) is 0 Å². The van der Waals surface area contributed by atoms with E-state index < -0.39 is 0 Å². The number of aromatic amines is 1. The third-order valence-electron chi connectivity index (χ3n) is 3.13. The molecule has 0 spiro atoms. The molecular weight excluding hydrogens is 202 g/mol. The van der Waals surface area contributed by atoms with Crippen LogP contribution in [-0.4, -0.2) is 28.8 Å². The molecule has 2 aromatic rings. The number of aromatic nitrogens is 2. The fraction of sp³-hybridized carbons (Fsp3) is 0.333. The number of hydrogen-bond donors (Lipinski definition) is 2. The number of benzene rings is 1. The molecule has 1 aromatic heterocycles. The van der Waals surface area contributed by atoms with Crippen molar-refractivity contribution in [3.63, 3.8) is 0 Å². The summed E-state index contributed by atoms with van der Waals surface area (Å²) in [4.78, 5) is 19.0. The number of rotatable bonds is 1. The standard InChI is InChI=1S/C12H13N3O/c16-12-3-4-13-6-9(12)8-1-2-10-11(5-8)15-7-14-10/h1-2,5,7,9,13H,3-4,6H2,(H,14,15). The SMILES string of the molecule is O=C1CCNCC1c1ccc2nc[nH]c2c1. The Hall–Kier alpha value is -1.68. The maximum absolute atomic E-state index is 11.8. The van der Waals surface area contributed by atoms with Crippen molar-refractivity contribution in [3.8, 4) is 0 Å². The third-order valence-corrected chi connectivity index (χ3v) is 3.13. The van der Waals surface area contributed by atoms with Gasteiger partial charge in [0.05, 0.1) is 23.3 Å². The topological polar surface area (TPSA) is 57.8 Å². The fourth-order valence-corrected chi connectivity index (χ4v) is 2.22. The Bertz CT molecular complexity index is 532. The largest absolute Gasteiger partial charge is 0.345 e. The molecule has 1 aliphatic rings. The molecule has 1 saturated heterocycles. The van der Waals surface area contributed by atoms with Crippen molar-refractivity contribution >= 4 is 16.8 Å². The Morgan fingerprint density at radius 2 is 2.31 bits per heavy atom. The Balaban J connectivity index is 2.00. The van der Waals surface area contributed by atoms with Crippen LogP contribution in [0.1, 0.15) is 17.9 Å². The molecule has 2 heterocycles. The van der Waals surface area contributed by atoms with Gasteiger partial charge in [0.15, 0.2) is 0 Å². The van der Waals surface area contributed by atoms with Gasteiger partial charge >= 0.3 is 0 Å². The molecule has 3 rings (SSSR count). The van der Waals surface area contributed by atoms with Crippen molar-refractivity contribution in [2.45, 2.75) is 12.3 Å². The molecule has 4 heteroatoms. The van der Waals surface area contributed by atoms with E-state index in [-0.39, 0.29) is 5.92 Å². The summed E-state index contributed by atoms with van der Waals surface area (Å²) in [5.41, 5.74) is 3.02. The number of fused-ring (bicyclic) bond motifs is 1. The van der Waals surface area contributed by atoms with Crippen LogP contribution in [0.15, 0.2) is 24.5 Å². The first-order chi connectivity index (χ1) is 7.84. The summed E-state index contributed by atoms with van der Waals surface area (Å²) in [6.45, 7) is 1.56. The van der Waals surface area contributed by atoms with Crippen LogP contribution in [0.3, 0.4) is 0 Å². The van der Waals surface area contributed by atoms with E-state index in [2.05, 4.69) is 15.3 Å². The number of ketones is 1. The maximum atomic E-state index is 11.8. The first-order valence-corrected chi connectivity index (χ1v) is 5.51. The molecule has 16 heavy (non-hydrogen) atoms. The molecule has 4 nitrogen and oxygen atoms in total. The van der Waals surface area contributed by atoms with Gasteiger partial charge in [-0.1, -0.05) is 6.07 Å². The monoisotopic (exact) mass is 215 g/mol. The van der Waals surface area contributed by atoms with Gasteiger partial charge in [0, 0.05) is 19.5 Å². The van der Waals surface area contributed by atoms with Crippen LogP contribution < -0.4 is 5.32 Å². The lowest BCUT2D eigenvalue weighted by Gasteiger charge is -2.21. The van der Waals surface area contributed by atoms with E-state index in [9.17, 15) is 4.79 Å². The molecule has 1 aromatic carbocycles. The number of piperidine rings is 1. The number of hydrogen-bond acceptors (Lipinski definition) is 3. The maximum Gasteiger partial charge on any atom is 0.142 e. The van der Waals surface area contributed by atoms with Gasteiger partial charge < -0.3 is 10.3 Å². The van der Waals surface area contributed by atoms with Gasteiger partial charge in [0.25, 0.3) is 0 Å². The molecule has 0 bridgehead atoms. The smallest absolute Gasteiger partial charge is 0.142 e. The van der Waals surface area contributed by atoms with E-state index in [0.717, 1.165) is 29.7 Å². The lowest BCUT2D eigenvalue weighted by atomic mass is 9.90. The van der Waals surface area contributed by atoms with Crippen LogP contribution >= 0.6 is 0 Å². The summed E-state index contributed by atoms with van der Waals surface area (Å²) in [6.07, 6.45) is 2.31. The number of nitrogens with zero attached hydrogens (tertiary/aromatic N) is 1. The zero-order valence-corrected chi connectivity index (χ0v) is 8.86. The number of carbonyl (C=O) groups excluding carboxylic acids is 1. The number of Topliss-reactive ketones (excluding diaryl/α,β-unsaturated/α-hetero) is 1. The summed E-state index contributed by atoms with van der Waals surface area (Å²) >= 11 is 0. The molecule has 0 saturated carbocycles. The average Bonchev–Trinajstić information content (AvgIpc) is 2.76. The molecule has 1 unspecified atom stereocenters. The quantitative estimate of drug-likeness (QED) is 0.751. The van der Waals surface area contributed by atoms with Crippen molar-refractivity contribution in [2.75, 3.05) is 13.1 Å². The molecule has 1 fully saturated rings. The molecule has 0 amide bonds. The number of imidazole rings is 1. The van der Waals surface area contributed by atoms with Gasteiger partial charge in [0.1, 0.15) is 5.78 Å². The molecule has 82 valence electrons. The van der Waals surface area contributed by atoms with Gasteiger partial charge in [-0.25, -0.2) is 4.98 Å². The summed E-state index contributed by atoms with van der Waals surface area (Å²) in [6, 6.07) is 5.99.